The van der Waals surface area contributed by atoms with Crippen molar-refractivity contribution in [3.05, 3.63) is 161 Å². The van der Waals surface area contributed by atoms with Crippen molar-refractivity contribution in [1.29, 1.82) is 0 Å². The first-order valence-corrected chi connectivity index (χ1v) is 15.5. The standard InChI is InChI=1S/C35H26Cl2N2O4S/c1-2-42-34(41)30-31(23-11-5-3-6-12-23)38-35-39(32(30)24-13-7-4-8-14-24)33(40)29(44-35)20-25-15-9-10-16-28(25)43-21-22-17-18-26(36)27(37)19-22/h3-20,32H,2,21H2,1H3/b29-20-/t32-/m1/s1. The lowest BCUT2D eigenvalue weighted by Gasteiger charge is -2.25. The van der Waals surface area contributed by atoms with Gasteiger partial charge < -0.3 is 9.47 Å². The van der Waals surface area contributed by atoms with E-state index in [2.05, 4.69) is 0 Å². The number of thiazole rings is 1. The molecule has 0 saturated carbocycles. The van der Waals surface area contributed by atoms with Crippen molar-refractivity contribution >= 4 is 52.3 Å². The van der Waals surface area contributed by atoms with E-state index in [-0.39, 0.29) is 18.8 Å². The largest absolute Gasteiger partial charge is 0.488 e. The van der Waals surface area contributed by atoms with Crippen LogP contribution in [0.15, 0.2) is 118 Å². The molecule has 0 amide bonds. The van der Waals surface area contributed by atoms with E-state index in [1.807, 2.05) is 91.0 Å². The average molecular weight is 642 g/mol. The highest BCUT2D eigenvalue weighted by Crippen LogP contribution is 2.35. The third kappa shape index (κ3) is 5.99. The molecule has 0 fully saturated rings. The number of esters is 1. The monoisotopic (exact) mass is 640 g/mol. The Hall–Kier alpha value is -4.43. The molecular weight excluding hydrogens is 615 g/mol. The predicted octanol–water partition coefficient (Wildman–Crippen LogP) is 6.82. The fourth-order valence-corrected chi connectivity index (χ4v) is 6.37. The molecule has 0 spiro atoms. The molecule has 44 heavy (non-hydrogen) atoms. The number of aromatic nitrogens is 1. The van der Waals surface area contributed by atoms with Gasteiger partial charge in [-0.15, -0.1) is 0 Å². The summed E-state index contributed by atoms with van der Waals surface area (Å²) in [4.78, 5) is 33.1. The van der Waals surface area contributed by atoms with Gasteiger partial charge in [-0.25, -0.2) is 9.79 Å². The van der Waals surface area contributed by atoms with Crippen LogP contribution < -0.4 is 19.6 Å². The topological polar surface area (TPSA) is 69.9 Å². The van der Waals surface area contributed by atoms with Gasteiger partial charge in [0.2, 0.25) is 0 Å². The second-order valence-electron chi connectivity index (χ2n) is 9.92. The van der Waals surface area contributed by atoms with E-state index in [1.54, 1.807) is 29.7 Å². The summed E-state index contributed by atoms with van der Waals surface area (Å²) in [5.74, 6) is 0.0838. The molecule has 0 bridgehead atoms. The minimum atomic E-state index is -0.731. The Balaban J connectivity index is 1.50. The van der Waals surface area contributed by atoms with E-state index in [4.69, 9.17) is 37.7 Å². The van der Waals surface area contributed by atoms with Gasteiger partial charge in [0, 0.05) is 11.1 Å². The fraction of sp³-hybridized carbons (Fsp3) is 0.114. The van der Waals surface area contributed by atoms with Crippen LogP contribution in [0.3, 0.4) is 0 Å². The zero-order valence-electron chi connectivity index (χ0n) is 23.6. The van der Waals surface area contributed by atoms with E-state index >= 15 is 0 Å². The lowest BCUT2D eigenvalue weighted by molar-refractivity contribution is -0.138. The number of halogens is 2. The second kappa shape index (κ2) is 13.1. The first-order valence-electron chi connectivity index (χ1n) is 13.9. The maximum atomic E-state index is 14.2. The zero-order chi connectivity index (χ0) is 30.6. The van der Waals surface area contributed by atoms with Gasteiger partial charge in [-0.3, -0.25) is 9.36 Å². The Kier molecular flexibility index (Phi) is 8.79. The Labute approximate surface area is 267 Å². The van der Waals surface area contributed by atoms with Crippen molar-refractivity contribution in [2.24, 2.45) is 4.99 Å². The third-order valence-corrected chi connectivity index (χ3v) is 8.79. The summed E-state index contributed by atoms with van der Waals surface area (Å²) in [5.41, 5.74) is 3.64. The van der Waals surface area contributed by atoms with Crippen LogP contribution >= 0.6 is 34.5 Å². The van der Waals surface area contributed by atoms with Crippen LogP contribution in [-0.2, 0) is 16.1 Å². The highest BCUT2D eigenvalue weighted by molar-refractivity contribution is 7.07. The molecule has 9 heteroatoms. The number of hydrogen-bond acceptors (Lipinski definition) is 6. The number of carbonyl (C=O) groups is 1. The van der Waals surface area contributed by atoms with Gasteiger partial charge in [-0.2, -0.15) is 0 Å². The normalized spacial score (nSPS) is 14.6. The second-order valence-corrected chi connectivity index (χ2v) is 11.7. The molecular formula is C35H26Cl2N2O4S. The number of ether oxygens (including phenoxy) is 2. The molecule has 0 N–H and O–H groups in total. The van der Waals surface area contributed by atoms with E-state index < -0.39 is 12.0 Å². The lowest BCUT2D eigenvalue weighted by atomic mass is 9.93. The summed E-state index contributed by atoms with van der Waals surface area (Å²) in [5, 5.41) is 0.925. The molecule has 0 aliphatic carbocycles. The van der Waals surface area contributed by atoms with Gasteiger partial charge in [0.05, 0.1) is 38.5 Å². The molecule has 0 saturated heterocycles. The van der Waals surface area contributed by atoms with Crippen LogP contribution in [0.25, 0.3) is 11.8 Å². The van der Waals surface area contributed by atoms with Crippen molar-refractivity contribution in [2.45, 2.75) is 19.6 Å². The third-order valence-electron chi connectivity index (χ3n) is 7.07. The van der Waals surface area contributed by atoms with Crippen LogP contribution in [0.5, 0.6) is 5.75 Å². The molecule has 6 nitrogen and oxygen atoms in total. The number of fused-ring (bicyclic) bond motifs is 1. The number of hydrogen-bond donors (Lipinski definition) is 0. The number of nitrogens with zero attached hydrogens (tertiary/aromatic N) is 2. The molecule has 4 aromatic carbocycles. The number of carbonyl (C=O) groups excluding carboxylic acids is 1. The molecule has 1 aliphatic heterocycles. The highest BCUT2D eigenvalue weighted by Gasteiger charge is 2.35. The van der Waals surface area contributed by atoms with Crippen LogP contribution in [0.2, 0.25) is 10.0 Å². The molecule has 2 heterocycles. The molecule has 220 valence electrons. The van der Waals surface area contributed by atoms with E-state index in [0.717, 1.165) is 22.3 Å². The highest BCUT2D eigenvalue weighted by atomic mass is 35.5. The maximum Gasteiger partial charge on any atom is 0.338 e. The van der Waals surface area contributed by atoms with Gasteiger partial charge >= 0.3 is 5.97 Å². The summed E-state index contributed by atoms with van der Waals surface area (Å²) < 4.78 is 13.7. The Morgan fingerprint density at radius 1 is 0.932 bits per heavy atom. The summed E-state index contributed by atoms with van der Waals surface area (Å²) >= 11 is 13.5. The SMILES string of the molecule is CCOC(=O)C1=C(c2ccccc2)N=c2s/c(=C\c3ccccc3OCc3ccc(Cl)c(Cl)c3)c(=O)n2[C@@H]1c1ccccc1. The first kappa shape index (κ1) is 29.6. The van der Waals surface area contributed by atoms with Crippen molar-refractivity contribution in [1.82, 2.24) is 4.57 Å². The minimum Gasteiger partial charge on any atom is -0.488 e. The van der Waals surface area contributed by atoms with Crippen LogP contribution in [0.1, 0.15) is 35.2 Å². The number of benzene rings is 4. The molecule has 0 radical (unpaired) electrons. The predicted molar refractivity (Wildman–Crippen MR) is 175 cm³/mol. The van der Waals surface area contributed by atoms with Crippen molar-refractivity contribution in [2.75, 3.05) is 6.61 Å². The smallest absolute Gasteiger partial charge is 0.338 e. The molecule has 1 atom stereocenters. The van der Waals surface area contributed by atoms with Crippen molar-refractivity contribution in [3.63, 3.8) is 0 Å². The summed E-state index contributed by atoms with van der Waals surface area (Å²) in [7, 11) is 0. The van der Waals surface area contributed by atoms with Crippen LogP contribution in [0.4, 0.5) is 0 Å². The Morgan fingerprint density at radius 2 is 1.64 bits per heavy atom. The van der Waals surface area contributed by atoms with Crippen LogP contribution in [0, 0.1) is 0 Å². The molecule has 1 aromatic heterocycles. The summed E-state index contributed by atoms with van der Waals surface area (Å²) in [6, 6.07) is 31.1. The zero-order valence-corrected chi connectivity index (χ0v) is 25.9. The van der Waals surface area contributed by atoms with E-state index in [9.17, 15) is 9.59 Å². The minimum absolute atomic E-state index is 0.190. The lowest BCUT2D eigenvalue weighted by Crippen LogP contribution is -2.40. The maximum absolute atomic E-state index is 14.2. The van der Waals surface area contributed by atoms with Crippen molar-refractivity contribution in [3.8, 4) is 5.75 Å². The van der Waals surface area contributed by atoms with Gasteiger partial charge in [0.1, 0.15) is 12.4 Å². The van der Waals surface area contributed by atoms with E-state index in [0.29, 0.717) is 36.4 Å². The van der Waals surface area contributed by atoms with E-state index in [1.165, 1.54) is 11.3 Å². The Morgan fingerprint density at radius 3 is 2.36 bits per heavy atom. The van der Waals surface area contributed by atoms with Gasteiger partial charge in [-0.1, -0.05) is 119 Å². The quantitative estimate of drug-likeness (QED) is 0.175. The molecule has 5 aromatic rings. The fourth-order valence-electron chi connectivity index (χ4n) is 5.05. The van der Waals surface area contributed by atoms with Crippen molar-refractivity contribution < 1.29 is 14.3 Å². The Bertz CT molecular complexity index is 2050. The van der Waals surface area contributed by atoms with Crippen LogP contribution in [-0.4, -0.2) is 17.1 Å². The molecule has 6 rings (SSSR count). The molecule has 0 unspecified atom stereocenters. The molecule has 1 aliphatic rings. The average Bonchev–Trinajstić information content (AvgIpc) is 3.36. The van der Waals surface area contributed by atoms with Gasteiger partial charge in [0.15, 0.2) is 4.80 Å². The van der Waals surface area contributed by atoms with Gasteiger partial charge in [0.25, 0.3) is 5.56 Å². The summed E-state index contributed by atoms with van der Waals surface area (Å²) in [6.07, 6.45) is 1.80. The van der Waals surface area contributed by atoms with Gasteiger partial charge in [-0.05, 0) is 42.3 Å². The summed E-state index contributed by atoms with van der Waals surface area (Å²) in [6.45, 7) is 2.21. The number of rotatable bonds is 8. The first-order chi connectivity index (χ1) is 21.4. The number of para-hydroxylation sites is 1.